The van der Waals surface area contributed by atoms with Crippen LogP contribution in [0.25, 0.3) is 0 Å². The molecule has 0 spiro atoms. The number of aromatic nitrogens is 8. The first-order chi connectivity index (χ1) is 17.0. The molecule has 35 heavy (non-hydrogen) atoms. The first-order valence-electron chi connectivity index (χ1n) is 10.1. The molecular weight excluding hydrogens is 492 g/mol. The van der Waals surface area contributed by atoms with Crippen LogP contribution in [0.3, 0.4) is 0 Å². The molecule has 0 fully saturated rings. The maximum atomic E-state index is 12.1. The van der Waals surface area contributed by atoms with Crippen LogP contribution in [0.2, 0.25) is 0 Å². The fourth-order valence-electron chi connectivity index (χ4n) is 2.69. The summed E-state index contributed by atoms with van der Waals surface area (Å²) in [5, 5.41) is 28.9. The SMILES string of the molecule is Cn1nnnc1SCC(=O)Nc1ccc(Oc2ccc(NC(=O)CSc3nnnn3C)cc2)cc1. The molecule has 0 atom stereocenters. The molecule has 0 aliphatic carbocycles. The van der Waals surface area contributed by atoms with Gasteiger partial charge in [-0.25, -0.2) is 9.36 Å². The Bertz CT molecular complexity index is 1190. The van der Waals surface area contributed by atoms with Gasteiger partial charge in [-0.2, -0.15) is 0 Å². The molecule has 180 valence electrons. The van der Waals surface area contributed by atoms with E-state index in [0.717, 1.165) is 0 Å². The van der Waals surface area contributed by atoms with Gasteiger partial charge in [-0.05, 0) is 69.4 Å². The quantitative estimate of drug-likeness (QED) is 0.300. The summed E-state index contributed by atoms with van der Waals surface area (Å²) in [7, 11) is 3.42. The summed E-state index contributed by atoms with van der Waals surface area (Å²) in [6, 6.07) is 14.0. The van der Waals surface area contributed by atoms with Crippen LogP contribution in [0.5, 0.6) is 11.5 Å². The van der Waals surface area contributed by atoms with Gasteiger partial charge in [-0.3, -0.25) is 9.59 Å². The summed E-state index contributed by atoms with van der Waals surface area (Å²) in [6.07, 6.45) is 0. The zero-order valence-electron chi connectivity index (χ0n) is 18.7. The van der Waals surface area contributed by atoms with Crippen molar-refractivity contribution in [3.05, 3.63) is 48.5 Å². The smallest absolute Gasteiger partial charge is 0.234 e. The van der Waals surface area contributed by atoms with E-state index in [4.69, 9.17) is 4.74 Å². The lowest BCUT2D eigenvalue weighted by atomic mass is 10.3. The highest BCUT2D eigenvalue weighted by Gasteiger charge is 2.10. The third kappa shape index (κ3) is 7.00. The number of hydrogen-bond acceptors (Lipinski definition) is 11. The number of benzene rings is 2. The predicted molar refractivity (Wildman–Crippen MR) is 129 cm³/mol. The second-order valence-corrected chi connectivity index (χ2v) is 8.88. The third-order valence-electron chi connectivity index (χ3n) is 4.34. The van der Waals surface area contributed by atoms with Gasteiger partial charge in [0, 0.05) is 25.5 Å². The highest BCUT2D eigenvalue weighted by molar-refractivity contribution is 8.00. The van der Waals surface area contributed by atoms with Gasteiger partial charge in [0.15, 0.2) is 0 Å². The topological polar surface area (TPSA) is 155 Å². The number of tetrazole rings is 2. The third-order valence-corrected chi connectivity index (χ3v) is 6.36. The number of ether oxygens (including phenoxy) is 1. The molecule has 0 aliphatic heterocycles. The van der Waals surface area contributed by atoms with E-state index in [2.05, 4.69) is 41.7 Å². The maximum Gasteiger partial charge on any atom is 0.234 e. The fourth-order valence-corrected chi connectivity index (χ4v) is 3.99. The lowest BCUT2D eigenvalue weighted by Crippen LogP contribution is -2.14. The molecule has 0 saturated carbocycles. The van der Waals surface area contributed by atoms with Gasteiger partial charge in [-0.1, -0.05) is 23.5 Å². The van der Waals surface area contributed by atoms with E-state index in [1.807, 2.05) is 0 Å². The van der Waals surface area contributed by atoms with Crippen LogP contribution in [0.4, 0.5) is 11.4 Å². The van der Waals surface area contributed by atoms with Crippen molar-refractivity contribution in [1.29, 1.82) is 0 Å². The normalized spacial score (nSPS) is 10.7. The van der Waals surface area contributed by atoms with E-state index in [-0.39, 0.29) is 23.3 Å². The zero-order valence-corrected chi connectivity index (χ0v) is 20.3. The van der Waals surface area contributed by atoms with Crippen LogP contribution < -0.4 is 15.4 Å². The largest absolute Gasteiger partial charge is 0.457 e. The van der Waals surface area contributed by atoms with E-state index in [1.54, 1.807) is 62.6 Å². The average Bonchev–Trinajstić information content (AvgIpc) is 3.46. The molecule has 2 amide bonds. The first-order valence-corrected chi connectivity index (χ1v) is 12.1. The van der Waals surface area contributed by atoms with Gasteiger partial charge >= 0.3 is 0 Å². The summed E-state index contributed by atoms with van der Waals surface area (Å²) >= 11 is 2.49. The Balaban J connectivity index is 1.22. The number of hydrogen-bond donors (Lipinski definition) is 2. The molecule has 13 nitrogen and oxygen atoms in total. The highest BCUT2D eigenvalue weighted by Crippen LogP contribution is 2.25. The molecule has 0 saturated heterocycles. The van der Waals surface area contributed by atoms with Gasteiger partial charge < -0.3 is 15.4 Å². The molecule has 2 N–H and O–H groups in total. The molecule has 2 heterocycles. The molecule has 15 heteroatoms. The number of thioether (sulfide) groups is 2. The predicted octanol–water partition coefficient (Wildman–Crippen LogP) is 1.99. The summed E-state index contributed by atoms with van der Waals surface area (Å²) < 4.78 is 8.84. The van der Waals surface area contributed by atoms with E-state index < -0.39 is 0 Å². The Morgan fingerprint density at radius 3 is 1.49 bits per heavy atom. The first kappa shape index (κ1) is 24.2. The van der Waals surface area contributed by atoms with Crippen molar-refractivity contribution in [3.63, 3.8) is 0 Å². The molecule has 0 bridgehead atoms. The van der Waals surface area contributed by atoms with Crippen LogP contribution in [0, 0.1) is 0 Å². The Hall–Kier alpha value is -3.98. The van der Waals surface area contributed by atoms with Crippen molar-refractivity contribution >= 4 is 46.7 Å². The van der Waals surface area contributed by atoms with Gasteiger partial charge in [-0.15, -0.1) is 10.2 Å². The van der Waals surface area contributed by atoms with Crippen LogP contribution >= 0.6 is 23.5 Å². The molecule has 4 rings (SSSR count). The Labute approximate surface area is 208 Å². The zero-order chi connectivity index (χ0) is 24.6. The molecule has 4 aromatic rings. The van der Waals surface area contributed by atoms with Crippen molar-refractivity contribution in [2.45, 2.75) is 10.3 Å². The minimum atomic E-state index is -0.170. The standard InChI is InChI=1S/C20H20N10O3S2/c1-29-19(23-25-27-29)34-11-17(31)21-13-3-7-15(8-4-13)33-16-9-5-14(6-10-16)22-18(32)12-35-20-24-26-28-30(20)2/h3-10H,11-12H2,1-2H3,(H,21,31)(H,22,32). The number of amides is 2. The van der Waals surface area contributed by atoms with Crippen molar-refractivity contribution < 1.29 is 14.3 Å². The van der Waals surface area contributed by atoms with Crippen molar-refractivity contribution in [2.24, 2.45) is 14.1 Å². The highest BCUT2D eigenvalue weighted by atomic mass is 32.2. The number of rotatable bonds is 10. The number of nitrogens with zero attached hydrogens (tertiary/aromatic N) is 8. The second kappa shape index (κ2) is 11.4. The van der Waals surface area contributed by atoms with E-state index in [9.17, 15) is 9.59 Å². The average molecular weight is 513 g/mol. The van der Waals surface area contributed by atoms with Crippen LogP contribution in [0.15, 0.2) is 58.8 Å². The Morgan fingerprint density at radius 2 is 1.14 bits per heavy atom. The number of carbonyl (C=O) groups is 2. The lowest BCUT2D eigenvalue weighted by molar-refractivity contribution is -0.114. The summed E-state index contributed by atoms with van der Waals surface area (Å²) in [5.74, 6) is 1.24. The summed E-state index contributed by atoms with van der Waals surface area (Å²) in [4.78, 5) is 24.3. The van der Waals surface area contributed by atoms with Crippen molar-refractivity contribution in [1.82, 2.24) is 40.4 Å². The second-order valence-electron chi connectivity index (χ2n) is 6.99. The van der Waals surface area contributed by atoms with Crippen molar-refractivity contribution in [3.8, 4) is 11.5 Å². The molecule has 2 aromatic carbocycles. The lowest BCUT2D eigenvalue weighted by Gasteiger charge is -2.09. The van der Waals surface area contributed by atoms with Crippen LogP contribution in [0.1, 0.15) is 0 Å². The number of carbonyl (C=O) groups excluding carboxylic acids is 2. The van der Waals surface area contributed by atoms with Crippen LogP contribution in [-0.2, 0) is 23.7 Å². The molecule has 0 radical (unpaired) electrons. The Kier molecular flexibility index (Phi) is 7.89. The maximum absolute atomic E-state index is 12.1. The van der Waals surface area contributed by atoms with Crippen molar-refractivity contribution in [2.75, 3.05) is 22.1 Å². The monoisotopic (exact) mass is 512 g/mol. The molecule has 0 unspecified atom stereocenters. The number of aryl methyl sites for hydroxylation is 2. The summed E-state index contributed by atoms with van der Waals surface area (Å²) in [5.41, 5.74) is 1.29. The van der Waals surface area contributed by atoms with Gasteiger partial charge in [0.05, 0.1) is 11.5 Å². The molecule has 0 aliphatic rings. The minimum absolute atomic E-state index is 0.170. The van der Waals surface area contributed by atoms with E-state index in [0.29, 0.717) is 33.2 Å². The van der Waals surface area contributed by atoms with Gasteiger partial charge in [0.25, 0.3) is 0 Å². The van der Waals surface area contributed by atoms with Gasteiger partial charge in [0.2, 0.25) is 22.1 Å². The molecule has 2 aromatic heterocycles. The molecular formula is C20H20N10O3S2. The summed E-state index contributed by atoms with van der Waals surface area (Å²) in [6.45, 7) is 0. The fraction of sp³-hybridized carbons (Fsp3) is 0.200. The van der Waals surface area contributed by atoms with E-state index in [1.165, 1.54) is 32.9 Å². The minimum Gasteiger partial charge on any atom is -0.457 e. The van der Waals surface area contributed by atoms with Crippen LogP contribution in [-0.4, -0.2) is 63.7 Å². The van der Waals surface area contributed by atoms with E-state index >= 15 is 0 Å². The number of nitrogens with one attached hydrogen (secondary N) is 2. The Morgan fingerprint density at radius 1 is 0.743 bits per heavy atom. The van der Waals surface area contributed by atoms with Gasteiger partial charge in [0.1, 0.15) is 11.5 Å². The number of anilines is 2.